The number of carboxylic acids is 1. The number of fused-ring (bicyclic) bond motifs is 1. The molecule has 4 rings (SSSR count). The zero-order chi connectivity index (χ0) is 22.5. The molecule has 1 heterocycles. The Morgan fingerprint density at radius 1 is 1.09 bits per heavy atom. The molecule has 1 atom stereocenters. The summed E-state index contributed by atoms with van der Waals surface area (Å²) in [4.78, 5) is 15.1. The molecule has 5 nitrogen and oxygen atoms in total. The standard InChI is InChI=1S/C25H22BrFN2O3/c26-19-7-10-24(32-15-16-5-8-20(27)9-6-16)18(11-19)14-29-23(25(30)31)12-17-13-28-22-4-2-1-3-21(17)22/h1-11,13,23,28-29H,12,14-15H2,(H,30,31)/t23-/m1/s1. The molecular formula is C25H22BrFN2O3. The SMILES string of the molecule is O=C(O)[C@@H](Cc1c[nH]c2ccccc12)NCc1cc(Br)ccc1OCc1ccc(F)cc1. The van der Waals surface area contributed by atoms with Crippen LogP contribution in [-0.4, -0.2) is 22.1 Å². The Morgan fingerprint density at radius 2 is 1.88 bits per heavy atom. The average Bonchev–Trinajstić information content (AvgIpc) is 3.19. The monoisotopic (exact) mass is 496 g/mol. The van der Waals surface area contributed by atoms with Crippen molar-refractivity contribution in [2.45, 2.75) is 25.6 Å². The normalized spacial score (nSPS) is 12.1. The van der Waals surface area contributed by atoms with E-state index in [1.54, 1.807) is 12.1 Å². The van der Waals surface area contributed by atoms with Gasteiger partial charge in [0.1, 0.15) is 24.2 Å². The van der Waals surface area contributed by atoms with E-state index < -0.39 is 12.0 Å². The number of aromatic amines is 1. The number of para-hydroxylation sites is 1. The summed E-state index contributed by atoms with van der Waals surface area (Å²) in [5.74, 6) is -0.572. The van der Waals surface area contributed by atoms with Gasteiger partial charge in [0.2, 0.25) is 0 Å². The van der Waals surface area contributed by atoms with Crippen LogP contribution in [0.15, 0.2) is 77.4 Å². The van der Waals surface area contributed by atoms with E-state index in [-0.39, 0.29) is 12.4 Å². The lowest BCUT2D eigenvalue weighted by molar-refractivity contribution is -0.139. The number of halogens is 2. The van der Waals surface area contributed by atoms with Gasteiger partial charge in [-0.3, -0.25) is 10.1 Å². The molecule has 0 spiro atoms. The van der Waals surface area contributed by atoms with Gasteiger partial charge in [-0.15, -0.1) is 0 Å². The van der Waals surface area contributed by atoms with Crippen LogP contribution in [0.1, 0.15) is 16.7 Å². The molecule has 4 aromatic rings. The topological polar surface area (TPSA) is 74.3 Å². The minimum absolute atomic E-state index is 0.284. The lowest BCUT2D eigenvalue weighted by Crippen LogP contribution is -2.38. The van der Waals surface area contributed by atoms with Gasteiger partial charge in [-0.1, -0.05) is 46.3 Å². The van der Waals surface area contributed by atoms with Crippen LogP contribution in [0.2, 0.25) is 0 Å². The molecule has 0 bridgehead atoms. The summed E-state index contributed by atoms with van der Waals surface area (Å²) in [6.07, 6.45) is 2.21. The quantitative estimate of drug-likeness (QED) is 0.288. The third kappa shape index (κ3) is 5.36. The highest BCUT2D eigenvalue weighted by atomic mass is 79.9. The van der Waals surface area contributed by atoms with Gasteiger partial charge in [0.05, 0.1) is 0 Å². The first-order valence-corrected chi connectivity index (χ1v) is 11.0. The molecule has 0 aliphatic carbocycles. The van der Waals surface area contributed by atoms with Crippen LogP contribution in [0.3, 0.4) is 0 Å². The second-order valence-electron chi connectivity index (χ2n) is 7.50. The molecule has 3 N–H and O–H groups in total. The first-order valence-electron chi connectivity index (χ1n) is 10.2. The number of aromatic nitrogens is 1. The van der Waals surface area contributed by atoms with E-state index in [0.29, 0.717) is 18.7 Å². The average molecular weight is 497 g/mol. The summed E-state index contributed by atoms with van der Waals surface area (Å²) < 4.78 is 19.9. The Hall–Kier alpha value is -3.16. The van der Waals surface area contributed by atoms with E-state index in [1.807, 2.05) is 48.7 Å². The Bertz CT molecular complexity index is 1220. The first kappa shape index (κ1) is 22.0. The number of carboxylic acid groups (broad SMARTS) is 1. The number of carbonyl (C=O) groups is 1. The molecule has 0 fully saturated rings. The van der Waals surface area contributed by atoms with Crippen LogP contribution in [-0.2, 0) is 24.4 Å². The van der Waals surface area contributed by atoms with Crippen LogP contribution in [0.5, 0.6) is 5.75 Å². The van der Waals surface area contributed by atoms with Crippen molar-refractivity contribution in [3.05, 3.63) is 99.9 Å². The molecule has 0 amide bonds. The third-order valence-electron chi connectivity index (χ3n) is 5.27. The van der Waals surface area contributed by atoms with Gasteiger partial charge in [-0.2, -0.15) is 0 Å². The van der Waals surface area contributed by atoms with E-state index in [1.165, 1.54) is 12.1 Å². The summed E-state index contributed by atoms with van der Waals surface area (Å²) >= 11 is 3.47. The second kappa shape index (κ2) is 9.97. The van der Waals surface area contributed by atoms with Gasteiger partial charge in [-0.05, 0) is 47.5 Å². The molecule has 0 aliphatic heterocycles. The highest BCUT2D eigenvalue weighted by Crippen LogP contribution is 2.25. The van der Waals surface area contributed by atoms with Crippen molar-refractivity contribution in [2.75, 3.05) is 0 Å². The van der Waals surface area contributed by atoms with Crippen molar-refractivity contribution < 1.29 is 19.0 Å². The van der Waals surface area contributed by atoms with Gasteiger partial charge in [0.25, 0.3) is 0 Å². The fourth-order valence-electron chi connectivity index (χ4n) is 3.57. The Labute approximate surface area is 193 Å². The van der Waals surface area contributed by atoms with Crippen LogP contribution in [0, 0.1) is 5.82 Å². The molecule has 164 valence electrons. The molecule has 32 heavy (non-hydrogen) atoms. The Balaban J connectivity index is 1.46. The minimum atomic E-state index is -0.918. The number of H-pyrrole nitrogens is 1. The highest BCUT2D eigenvalue weighted by molar-refractivity contribution is 9.10. The molecule has 0 saturated carbocycles. The molecular weight excluding hydrogens is 475 g/mol. The van der Waals surface area contributed by atoms with Gasteiger partial charge >= 0.3 is 5.97 Å². The molecule has 3 aromatic carbocycles. The summed E-state index contributed by atoms with van der Waals surface area (Å²) in [6.45, 7) is 0.601. The van der Waals surface area contributed by atoms with Gasteiger partial charge in [-0.25, -0.2) is 4.39 Å². The molecule has 1 aromatic heterocycles. The largest absolute Gasteiger partial charge is 0.489 e. The van der Waals surface area contributed by atoms with E-state index >= 15 is 0 Å². The van der Waals surface area contributed by atoms with Crippen LogP contribution in [0.4, 0.5) is 4.39 Å². The number of nitrogens with one attached hydrogen (secondary N) is 2. The zero-order valence-corrected chi connectivity index (χ0v) is 18.7. The highest BCUT2D eigenvalue weighted by Gasteiger charge is 2.20. The molecule has 0 saturated heterocycles. The first-order chi connectivity index (χ1) is 15.5. The summed E-state index contributed by atoms with van der Waals surface area (Å²) in [5, 5.41) is 13.9. The number of rotatable bonds is 9. The number of ether oxygens (including phenoxy) is 1. The maximum atomic E-state index is 13.1. The van der Waals surface area contributed by atoms with Crippen molar-refractivity contribution in [1.29, 1.82) is 0 Å². The fraction of sp³-hybridized carbons (Fsp3) is 0.160. The van der Waals surface area contributed by atoms with E-state index in [4.69, 9.17) is 4.74 Å². The fourth-order valence-corrected chi connectivity index (χ4v) is 3.98. The van der Waals surface area contributed by atoms with Crippen molar-refractivity contribution in [1.82, 2.24) is 10.3 Å². The van der Waals surface area contributed by atoms with Gasteiger partial charge in [0, 0.05) is 40.1 Å². The van der Waals surface area contributed by atoms with Crippen molar-refractivity contribution in [2.24, 2.45) is 0 Å². The third-order valence-corrected chi connectivity index (χ3v) is 5.76. The molecule has 0 aliphatic rings. The minimum Gasteiger partial charge on any atom is -0.489 e. The zero-order valence-electron chi connectivity index (χ0n) is 17.1. The van der Waals surface area contributed by atoms with E-state index in [9.17, 15) is 14.3 Å². The van der Waals surface area contributed by atoms with Crippen molar-refractivity contribution in [3.8, 4) is 5.75 Å². The Kier molecular flexibility index (Phi) is 6.87. The lowest BCUT2D eigenvalue weighted by atomic mass is 10.0. The van der Waals surface area contributed by atoms with Crippen LogP contribution >= 0.6 is 15.9 Å². The van der Waals surface area contributed by atoms with Crippen LogP contribution in [0.25, 0.3) is 10.9 Å². The maximum absolute atomic E-state index is 13.1. The summed E-state index contributed by atoms with van der Waals surface area (Å²) in [5.41, 5.74) is 3.60. The van der Waals surface area contributed by atoms with Crippen molar-refractivity contribution >= 4 is 32.8 Å². The number of benzene rings is 3. The summed E-state index contributed by atoms with van der Waals surface area (Å²) in [6, 6.07) is 18.8. The van der Waals surface area contributed by atoms with Gasteiger partial charge in [0.15, 0.2) is 0 Å². The van der Waals surface area contributed by atoms with E-state index in [2.05, 4.69) is 26.2 Å². The van der Waals surface area contributed by atoms with Crippen LogP contribution < -0.4 is 10.1 Å². The smallest absolute Gasteiger partial charge is 0.321 e. The molecule has 0 radical (unpaired) electrons. The molecule has 0 unspecified atom stereocenters. The Morgan fingerprint density at radius 3 is 2.66 bits per heavy atom. The predicted octanol–water partition coefficient (Wildman–Crippen LogP) is 5.43. The second-order valence-corrected chi connectivity index (χ2v) is 8.42. The predicted molar refractivity (Wildman–Crippen MR) is 125 cm³/mol. The maximum Gasteiger partial charge on any atom is 0.321 e. The number of hydrogen-bond donors (Lipinski definition) is 3. The van der Waals surface area contributed by atoms with Gasteiger partial charge < -0.3 is 14.8 Å². The van der Waals surface area contributed by atoms with E-state index in [0.717, 1.165) is 32.1 Å². The number of hydrogen-bond acceptors (Lipinski definition) is 3. The number of aliphatic carboxylic acids is 1. The molecule has 7 heteroatoms. The lowest BCUT2D eigenvalue weighted by Gasteiger charge is -2.17. The van der Waals surface area contributed by atoms with Crippen molar-refractivity contribution in [3.63, 3.8) is 0 Å². The summed E-state index contributed by atoms with van der Waals surface area (Å²) in [7, 11) is 0.